The average Bonchev–Trinajstić information content (AvgIpc) is 2.70. The molecule has 0 spiro atoms. The van der Waals surface area contributed by atoms with Crippen LogP contribution in [0.1, 0.15) is 44.7 Å². The van der Waals surface area contributed by atoms with Gasteiger partial charge >= 0.3 is 5.97 Å². The fourth-order valence-electron chi connectivity index (χ4n) is 2.31. The van der Waals surface area contributed by atoms with E-state index < -0.39 is 0 Å². The Morgan fingerprint density at radius 3 is 2.94 bits per heavy atom. The average molecular weight is 237 g/mol. The Bertz CT molecular complexity index is 425. The first-order chi connectivity index (χ1) is 8.04. The van der Waals surface area contributed by atoms with Crippen LogP contribution in [0.2, 0.25) is 0 Å². The lowest BCUT2D eigenvalue weighted by atomic mass is 9.91. The zero-order valence-electron chi connectivity index (χ0n) is 10.7. The number of ether oxygens (including phenoxy) is 1. The number of methoxy groups -OCH3 is 1. The second-order valence-electron chi connectivity index (χ2n) is 4.84. The molecule has 0 fully saturated rings. The summed E-state index contributed by atoms with van der Waals surface area (Å²) < 4.78 is 6.78. The van der Waals surface area contributed by atoms with Crippen LogP contribution >= 0.6 is 0 Å². The Labute approximate surface area is 101 Å². The first kappa shape index (κ1) is 12.0. The summed E-state index contributed by atoms with van der Waals surface area (Å²) in [5.74, 6) is 0.579. The van der Waals surface area contributed by atoms with Gasteiger partial charge in [0.15, 0.2) is 0 Å². The lowest BCUT2D eigenvalue weighted by molar-refractivity contribution is -0.142. The molecule has 5 nitrogen and oxygen atoms in total. The van der Waals surface area contributed by atoms with Crippen molar-refractivity contribution in [2.45, 2.75) is 45.2 Å². The maximum atomic E-state index is 11.8. The van der Waals surface area contributed by atoms with Gasteiger partial charge in [-0.15, -0.1) is 0 Å². The van der Waals surface area contributed by atoms with E-state index in [1.165, 1.54) is 7.11 Å². The number of rotatable bonds is 2. The van der Waals surface area contributed by atoms with Crippen molar-refractivity contribution in [2.24, 2.45) is 0 Å². The van der Waals surface area contributed by atoms with E-state index in [1.807, 2.05) is 4.68 Å². The van der Waals surface area contributed by atoms with Crippen molar-refractivity contribution >= 4 is 11.8 Å². The van der Waals surface area contributed by atoms with Gasteiger partial charge in [-0.05, 0) is 27.2 Å². The number of hydrogen-bond donors (Lipinski definition) is 1. The van der Waals surface area contributed by atoms with Gasteiger partial charge in [-0.25, -0.2) is 4.68 Å². The highest BCUT2D eigenvalue weighted by molar-refractivity contribution is 5.81. The molecule has 5 heteroatoms. The van der Waals surface area contributed by atoms with Gasteiger partial charge < -0.3 is 10.1 Å². The first-order valence-electron chi connectivity index (χ1n) is 5.96. The largest absolute Gasteiger partial charge is 0.469 e. The first-order valence-corrected chi connectivity index (χ1v) is 5.96. The second kappa shape index (κ2) is 4.39. The predicted octanol–water partition coefficient (Wildman–Crippen LogP) is 1.92. The molecule has 2 atom stereocenters. The summed E-state index contributed by atoms with van der Waals surface area (Å²) in [6.07, 6.45) is 2.53. The Morgan fingerprint density at radius 1 is 1.65 bits per heavy atom. The fourth-order valence-corrected chi connectivity index (χ4v) is 2.31. The minimum absolute atomic E-state index is 0.178. The van der Waals surface area contributed by atoms with Crippen molar-refractivity contribution in [3.63, 3.8) is 0 Å². The number of hydrogen-bond acceptors (Lipinski definition) is 4. The molecule has 1 N–H and O–H groups in total. The van der Waals surface area contributed by atoms with Crippen LogP contribution in [0.15, 0.2) is 6.20 Å². The van der Waals surface area contributed by atoms with Crippen LogP contribution < -0.4 is 5.32 Å². The number of nitrogens with one attached hydrogen (secondary N) is 1. The molecular formula is C12H19N3O2. The van der Waals surface area contributed by atoms with Crippen molar-refractivity contribution < 1.29 is 9.53 Å². The molecule has 0 bridgehead atoms. The van der Waals surface area contributed by atoms with E-state index in [0.29, 0.717) is 0 Å². The molecular weight excluding hydrogens is 218 g/mol. The van der Waals surface area contributed by atoms with Crippen molar-refractivity contribution in [3.8, 4) is 0 Å². The smallest absolute Gasteiger partial charge is 0.313 e. The molecule has 2 heterocycles. The highest BCUT2D eigenvalue weighted by Gasteiger charge is 2.33. The van der Waals surface area contributed by atoms with Crippen molar-refractivity contribution in [3.05, 3.63) is 11.8 Å². The van der Waals surface area contributed by atoms with Crippen molar-refractivity contribution in [2.75, 3.05) is 12.4 Å². The van der Waals surface area contributed by atoms with Crippen molar-refractivity contribution in [1.29, 1.82) is 0 Å². The molecule has 0 unspecified atom stereocenters. The number of carbonyl (C=O) groups excluding carboxylic acids is 1. The van der Waals surface area contributed by atoms with Crippen molar-refractivity contribution in [1.82, 2.24) is 9.78 Å². The molecule has 1 aliphatic heterocycles. The molecule has 17 heavy (non-hydrogen) atoms. The van der Waals surface area contributed by atoms with Crippen LogP contribution in [0.3, 0.4) is 0 Å². The van der Waals surface area contributed by atoms with Crippen LogP contribution in [-0.4, -0.2) is 28.9 Å². The Balaban J connectivity index is 2.41. The van der Waals surface area contributed by atoms with E-state index in [9.17, 15) is 4.79 Å². The van der Waals surface area contributed by atoms with E-state index in [4.69, 9.17) is 4.74 Å². The number of carbonyl (C=O) groups is 1. The molecule has 0 saturated heterocycles. The monoisotopic (exact) mass is 237 g/mol. The van der Waals surface area contributed by atoms with Crippen LogP contribution in [-0.2, 0) is 9.53 Å². The second-order valence-corrected chi connectivity index (χ2v) is 4.84. The minimum Gasteiger partial charge on any atom is -0.469 e. The third kappa shape index (κ3) is 2.01. The molecule has 1 aromatic heterocycles. The van der Waals surface area contributed by atoms with Gasteiger partial charge in [-0.1, -0.05) is 0 Å². The number of anilines is 1. The van der Waals surface area contributed by atoms with E-state index in [-0.39, 0.29) is 24.0 Å². The topological polar surface area (TPSA) is 56.1 Å². The highest BCUT2D eigenvalue weighted by Crippen LogP contribution is 2.36. The van der Waals surface area contributed by atoms with Crippen LogP contribution in [0.5, 0.6) is 0 Å². The zero-order valence-corrected chi connectivity index (χ0v) is 10.7. The van der Waals surface area contributed by atoms with Gasteiger partial charge in [0.1, 0.15) is 5.82 Å². The number of nitrogens with zero attached hydrogens (tertiary/aromatic N) is 2. The summed E-state index contributed by atoms with van der Waals surface area (Å²) in [6, 6.07) is 0.524. The fraction of sp³-hybridized carbons (Fsp3) is 0.667. The van der Waals surface area contributed by atoms with Gasteiger partial charge in [0.2, 0.25) is 0 Å². The molecule has 0 aromatic carbocycles. The van der Waals surface area contributed by atoms with E-state index in [1.54, 1.807) is 6.20 Å². The SMILES string of the molecule is COC(=O)[C@H]1C[C@@H](C)Nc2c1cnn2C(C)C. The Kier molecular flexibility index (Phi) is 3.09. The normalized spacial score (nSPS) is 23.1. The molecule has 1 aliphatic rings. The molecule has 0 radical (unpaired) electrons. The summed E-state index contributed by atoms with van der Waals surface area (Å²) in [6.45, 7) is 6.21. The van der Waals surface area contributed by atoms with E-state index in [2.05, 4.69) is 31.2 Å². The van der Waals surface area contributed by atoms with Gasteiger partial charge in [0.25, 0.3) is 0 Å². The molecule has 94 valence electrons. The molecule has 2 rings (SSSR count). The van der Waals surface area contributed by atoms with Gasteiger partial charge in [-0.3, -0.25) is 4.79 Å². The summed E-state index contributed by atoms with van der Waals surface area (Å²) in [4.78, 5) is 11.8. The highest BCUT2D eigenvalue weighted by atomic mass is 16.5. The molecule has 0 aliphatic carbocycles. The van der Waals surface area contributed by atoms with Gasteiger partial charge in [0.05, 0.1) is 19.2 Å². The van der Waals surface area contributed by atoms with Crippen LogP contribution in [0, 0.1) is 0 Å². The predicted molar refractivity (Wildman–Crippen MR) is 65.1 cm³/mol. The third-order valence-electron chi connectivity index (χ3n) is 3.15. The van der Waals surface area contributed by atoms with E-state index in [0.717, 1.165) is 17.8 Å². The number of fused-ring (bicyclic) bond motifs is 1. The van der Waals surface area contributed by atoms with Gasteiger partial charge in [-0.2, -0.15) is 5.10 Å². The molecule has 0 amide bonds. The van der Waals surface area contributed by atoms with Crippen LogP contribution in [0.4, 0.5) is 5.82 Å². The summed E-state index contributed by atoms with van der Waals surface area (Å²) in [5, 5.41) is 7.74. The van der Waals surface area contributed by atoms with Crippen LogP contribution in [0.25, 0.3) is 0 Å². The number of aromatic nitrogens is 2. The summed E-state index contributed by atoms with van der Waals surface area (Å²) >= 11 is 0. The summed E-state index contributed by atoms with van der Waals surface area (Å²) in [5.41, 5.74) is 0.948. The van der Waals surface area contributed by atoms with Gasteiger partial charge in [0, 0.05) is 17.6 Å². The maximum absolute atomic E-state index is 11.8. The summed E-state index contributed by atoms with van der Waals surface area (Å²) in [7, 11) is 1.43. The standard InChI is InChI=1S/C12H19N3O2/c1-7(2)15-11-10(6-13-15)9(12(16)17-4)5-8(3)14-11/h6-9,14H,5H2,1-4H3/t8-,9+/m1/s1. The zero-order chi connectivity index (χ0) is 12.6. The lowest BCUT2D eigenvalue weighted by Crippen LogP contribution is -2.30. The lowest BCUT2D eigenvalue weighted by Gasteiger charge is -2.28. The molecule has 0 saturated carbocycles. The minimum atomic E-state index is -0.196. The third-order valence-corrected chi connectivity index (χ3v) is 3.15. The number of esters is 1. The quantitative estimate of drug-likeness (QED) is 0.798. The Hall–Kier alpha value is -1.52. The Morgan fingerprint density at radius 2 is 2.35 bits per heavy atom. The maximum Gasteiger partial charge on any atom is 0.313 e. The van der Waals surface area contributed by atoms with E-state index >= 15 is 0 Å². The molecule has 1 aromatic rings.